The van der Waals surface area contributed by atoms with E-state index < -0.39 is 0 Å². The van der Waals surface area contributed by atoms with Gasteiger partial charge in [0.25, 0.3) is 0 Å². The molecule has 0 saturated heterocycles. The normalized spacial score (nSPS) is 10.5. The SMILES string of the molecule is Cc1nc(-c2ccc(O)c(O)c2)c(C)[nH]1. The number of H-pyrrole nitrogens is 1. The molecule has 4 heteroatoms. The lowest BCUT2D eigenvalue weighted by Crippen LogP contribution is -1.81. The quantitative estimate of drug-likeness (QED) is 0.623. The summed E-state index contributed by atoms with van der Waals surface area (Å²) in [4.78, 5) is 7.39. The van der Waals surface area contributed by atoms with E-state index in [0.717, 1.165) is 22.8 Å². The molecular formula is C11H12N2O2. The summed E-state index contributed by atoms with van der Waals surface area (Å²) in [6, 6.07) is 4.67. The summed E-state index contributed by atoms with van der Waals surface area (Å²) in [6.07, 6.45) is 0. The summed E-state index contributed by atoms with van der Waals surface area (Å²) < 4.78 is 0. The smallest absolute Gasteiger partial charge is 0.158 e. The minimum absolute atomic E-state index is 0.122. The Morgan fingerprint density at radius 3 is 2.40 bits per heavy atom. The first kappa shape index (κ1) is 9.58. The van der Waals surface area contributed by atoms with E-state index >= 15 is 0 Å². The van der Waals surface area contributed by atoms with Crippen molar-refractivity contribution >= 4 is 0 Å². The molecule has 1 aromatic carbocycles. The minimum Gasteiger partial charge on any atom is -0.504 e. The number of aromatic amines is 1. The highest BCUT2D eigenvalue weighted by Gasteiger charge is 2.08. The Balaban J connectivity index is 2.54. The van der Waals surface area contributed by atoms with Gasteiger partial charge < -0.3 is 15.2 Å². The number of nitrogens with one attached hydrogen (secondary N) is 1. The van der Waals surface area contributed by atoms with Crippen molar-refractivity contribution in [2.45, 2.75) is 13.8 Å². The van der Waals surface area contributed by atoms with Gasteiger partial charge in [-0.1, -0.05) is 0 Å². The van der Waals surface area contributed by atoms with E-state index in [1.54, 1.807) is 6.07 Å². The molecule has 1 heterocycles. The Labute approximate surface area is 87.2 Å². The highest BCUT2D eigenvalue weighted by Crippen LogP contribution is 2.30. The number of phenolic OH excluding ortho intramolecular Hbond substituents is 2. The van der Waals surface area contributed by atoms with E-state index in [1.165, 1.54) is 12.1 Å². The second kappa shape index (κ2) is 3.31. The predicted octanol–water partition coefficient (Wildman–Crippen LogP) is 2.10. The van der Waals surface area contributed by atoms with Crippen molar-refractivity contribution in [1.82, 2.24) is 9.97 Å². The molecule has 15 heavy (non-hydrogen) atoms. The van der Waals surface area contributed by atoms with Crippen LogP contribution >= 0.6 is 0 Å². The molecule has 3 N–H and O–H groups in total. The van der Waals surface area contributed by atoms with Gasteiger partial charge in [0.15, 0.2) is 11.5 Å². The molecule has 0 unspecified atom stereocenters. The molecule has 0 amide bonds. The van der Waals surface area contributed by atoms with Gasteiger partial charge in [-0.15, -0.1) is 0 Å². The zero-order valence-electron chi connectivity index (χ0n) is 8.57. The van der Waals surface area contributed by atoms with Crippen LogP contribution in [-0.2, 0) is 0 Å². The second-order valence-corrected chi connectivity index (χ2v) is 3.50. The molecule has 2 aromatic rings. The fraction of sp³-hybridized carbons (Fsp3) is 0.182. The van der Waals surface area contributed by atoms with Crippen LogP contribution in [-0.4, -0.2) is 20.2 Å². The predicted molar refractivity (Wildman–Crippen MR) is 56.8 cm³/mol. The molecule has 1 aromatic heterocycles. The number of rotatable bonds is 1. The van der Waals surface area contributed by atoms with Crippen molar-refractivity contribution in [1.29, 1.82) is 0 Å². The van der Waals surface area contributed by atoms with Crippen LogP contribution in [0.1, 0.15) is 11.5 Å². The van der Waals surface area contributed by atoms with Crippen molar-refractivity contribution in [3.8, 4) is 22.8 Å². The van der Waals surface area contributed by atoms with Crippen LogP contribution in [0.5, 0.6) is 11.5 Å². The van der Waals surface area contributed by atoms with Gasteiger partial charge in [0.1, 0.15) is 5.82 Å². The Kier molecular flexibility index (Phi) is 2.11. The third kappa shape index (κ3) is 1.66. The summed E-state index contributed by atoms with van der Waals surface area (Å²) in [7, 11) is 0. The number of aromatic nitrogens is 2. The Morgan fingerprint density at radius 2 is 1.87 bits per heavy atom. The number of aryl methyl sites for hydroxylation is 2. The third-order valence-corrected chi connectivity index (χ3v) is 2.25. The lowest BCUT2D eigenvalue weighted by molar-refractivity contribution is 0.404. The van der Waals surface area contributed by atoms with Crippen LogP contribution in [0.3, 0.4) is 0 Å². The maximum absolute atomic E-state index is 9.37. The van der Waals surface area contributed by atoms with Gasteiger partial charge in [-0.05, 0) is 32.0 Å². The molecule has 0 atom stereocenters. The van der Waals surface area contributed by atoms with Crippen LogP contribution < -0.4 is 0 Å². The average molecular weight is 204 g/mol. The molecule has 0 aliphatic heterocycles. The number of aromatic hydroxyl groups is 2. The molecule has 0 saturated carbocycles. The van der Waals surface area contributed by atoms with Crippen LogP contribution in [0.15, 0.2) is 18.2 Å². The lowest BCUT2D eigenvalue weighted by Gasteiger charge is -2.01. The molecule has 2 rings (SSSR count). The molecule has 0 radical (unpaired) electrons. The first-order valence-corrected chi connectivity index (χ1v) is 4.63. The van der Waals surface area contributed by atoms with Crippen LogP contribution in [0.25, 0.3) is 11.3 Å². The fourth-order valence-corrected chi connectivity index (χ4v) is 1.56. The van der Waals surface area contributed by atoms with Crippen molar-refractivity contribution < 1.29 is 10.2 Å². The maximum Gasteiger partial charge on any atom is 0.158 e. The van der Waals surface area contributed by atoms with Gasteiger partial charge in [-0.2, -0.15) is 0 Å². The van der Waals surface area contributed by atoms with E-state index in [2.05, 4.69) is 9.97 Å². The first-order chi connectivity index (χ1) is 7.08. The first-order valence-electron chi connectivity index (χ1n) is 4.63. The van der Waals surface area contributed by atoms with Gasteiger partial charge in [0.05, 0.1) is 5.69 Å². The van der Waals surface area contributed by atoms with E-state index in [9.17, 15) is 10.2 Å². The highest BCUT2D eigenvalue weighted by molar-refractivity contribution is 5.65. The van der Waals surface area contributed by atoms with Crippen molar-refractivity contribution in [3.63, 3.8) is 0 Å². The minimum atomic E-state index is -0.132. The van der Waals surface area contributed by atoms with Gasteiger partial charge in [0, 0.05) is 11.3 Å². The van der Waals surface area contributed by atoms with Crippen molar-refractivity contribution in [2.75, 3.05) is 0 Å². The monoisotopic (exact) mass is 204 g/mol. The average Bonchev–Trinajstić information content (AvgIpc) is 2.50. The summed E-state index contributed by atoms with van der Waals surface area (Å²) in [6.45, 7) is 3.79. The molecule has 0 bridgehead atoms. The van der Waals surface area contributed by atoms with Gasteiger partial charge in [0.2, 0.25) is 0 Å². The zero-order valence-corrected chi connectivity index (χ0v) is 8.57. The standard InChI is InChI=1S/C11H12N2O2/c1-6-11(13-7(2)12-6)8-3-4-9(14)10(15)5-8/h3-5,14-15H,1-2H3,(H,12,13). The molecule has 0 spiro atoms. The fourth-order valence-electron chi connectivity index (χ4n) is 1.56. The Hall–Kier alpha value is -1.97. The number of phenols is 2. The van der Waals surface area contributed by atoms with Crippen LogP contribution in [0.2, 0.25) is 0 Å². The Bertz CT molecular complexity index is 503. The Morgan fingerprint density at radius 1 is 1.13 bits per heavy atom. The number of imidazole rings is 1. The third-order valence-electron chi connectivity index (χ3n) is 2.25. The van der Waals surface area contributed by atoms with Crippen LogP contribution in [0.4, 0.5) is 0 Å². The van der Waals surface area contributed by atoms with E-state index in [1.807, 2.05) is 13.8 Å². The van der Waals surface area contributed by atoms with E-state index in [-0.39, 0.29) is 11.5 Å². The van der Waals surface area contributed by atoms with Gasteiger partial charge in [-0.25, -0.2) is 4.98 Å². The summed E-state index contributed by atoms with van der Waals surface area (Å²) >= 11 is 0. The molecule has 0 aliphatic carbocycles. The van der Waals surface area contributed by atoms with Crippen molar-refractivity contribution in [3.05, 3.63) is 29.7 Å². The number of hydrogen-bond acceptors (Lipinski definition) is 3. The molecule has 78 valence electrons. The number of hydrogen-bond donors (Lipinski definition) is 3. The molecule has 0 aliphatic rings. The lowest BCUT2D eigenvalue weighted by atomic mass is 10.1. The summed E-state index contributed by atoms with van der Waals surface area (Å²) in [5.41, 5.74) is 2.52. The van der Waals surface area contributed by atoms with Gasteiger partial charge in [-0.3, -0.25) is 0 Å². The molecule has 0 fully saturated rings. The summed E-state index contributed by atoms with van der Waals surface area (Å²) in [5.74, 6) is 0.575. The van der Waals surface area contributed by atoms with E-state index in [0.29, 0.717) is 0 Å². The number of benzene rings is 1. The topological polar surface area (TPSA) is 69.1 Å². The molecule has 4 nitrogen and oxygen atoms in total. The van der Waals surface area contributed by atoms with E-state index in [4.69, 9.17) is 0 Å². The highest BCUT2D eigenvalue weighted by atomic mass is 16.3. The maximum atomic E-state index is 9.37. The van der Waals surface area contributed by atoms with Gasteiger partial charge >= 0.3 is 0 Å². The largest absolute Gasteiger partial charge is 0.504 e. The zero-order chi connectivity index (χ0) is 11.0. The second-order valence-electron chi connectivity index (χ2n) is 3.50. The van der Waals surface area contributed by atoms with Crippen molar-refractivity contribution in [2.24, 2.45) is 0 Å². The van der Waals surface area contributed by atoms with Crippen LogP contribution in [0, 0.1) is 13.8 Å². The summed E-state index contributed by atoms with van der Waals surface area (Å²) in [5, 5.41) is 18.6. The number of nitrogens with zero attached hydrogens (tertiary/aromatic N) is 1. The molecular weight excluding hydrogens is 192 g/mol.